The van der Waals surface area contributed by atoms with Gasteiger partial charge in [0.05, 0.1) is 0 Å². The van der Waals surface area contributed by atoms with Crippen molar-refractivity contribution in [3.05, 3.63) is 23.8 Å². The Hall–Kier alpha value is -1.18. The number of hydrogen-bond acceptors (Lipinski definition) is 2. The number of phenolic OH excluding ortho intramolecular Hbond substituents is 1. The van der Waals surface area contributed by atoms with Crippen LogP contribution in [-0.2, 0) is 0 Å². The molecule has 0 fully saturated rings. The van der Waals surface area contributed by atoms with Crippen LogP contribution >= 0.6 is 0 Å². The molecule has 0 aromatic heterocycles. The maximum Gasteiger partial charge on any atom is 0.123 e. The van der Waals surface area contributed by atoms with Crippen LogP contribution < -0.4 is 4.74 Å². The molecule has 0 aliphatic carbocycles. The van der Waals surface area contributed by atoms with Gasteiger partial charge in [-0.05, 0) is 38.3 Å². The molecule has 0 bridgehead atoms. The van der Waals surface area contributed by atoms with E-state index in [0.29, 0.717) is 17.4 Å². The van der Waals surface area contributed by atoms with Gasteiger partial charge in [-0.25, -0.2) is 0 Å². The number of ether oxygens (including phenoxy) is 1. The number of benzene rings is 1. The van der Waals surface area contributed by atoms with Crippen molar-refractivity contribution in [2.24, 2.45) is 0 Å². The zero-order chi connectivity index (χ0) is 11.6. The van der Waals surface area contributed by atoms with Gasteiger partial charge in [-0.15, -0.1) is 0 Å². The fraction of sp³-hybridized carbons (Fsp3) is 0.538. The van der Waals surface area contributed by atoms with E-state index in [1.54, 1.807) is 6.07 Å². The molecular weight excluding hydrogens is 188 g/mol. The van der Waals surface area contributed by atoms with Gasteiger partial charge in [-0.2, -0.15) is 0 Å². The van der Waals surface area contributed by atoms with Gasteiger partial charge in [0.2, 0.25) is 0 Å². The van der Waals surface area contributed by atoms with Crippen LogP contribution in [0.4, 0.5) is 0 Å². The van der Waals surface area contributed by atoms with Crippen molar-refractivity contribution in [2.45, 2.75) is 46.1 Å². The third kappa shape index (κ3) is 3.46. The van der Waals surface area contributed by atoms with Crippen LogP contribution in [0, 0.1) is 0 Å². The SMILES string of the molecule is CC(C)c1ccc(OC(C)(C)C)cc1O. The van der Waals surface area contributed by atoms with Gasteiger partial charge in [-0.3, -0.25) is 0 Å². The highest BCUT2D eigenvalue weighted by molar-refractivity contribution is 5.41. The van der Waals surface area contributed by atoms with Crippen LogP contribution in [0.25, 0.3) is 0 Å². The zero-order valence-electron chi connectivity index (χ0n) is 10.2. The molecule has 0 unspecified atom stereocenters. The first-order valence-electron chi connectivity index (χ1n) is 5.31. The predicted octanol–water partition coefficient (Wildman–Crippen LogP) is 3.69. The fourth-order valence-electron chi connectivity index (χ4n) is 1.43. The number of aromatic hydroxyl groups is 1. The monoisotopic (exact) mass is 208 g/mol. The zero-order valence-corrected chi connectivity index (χ0v) is 10.2. The summed E-state index contributed by atoms with van der Waals surface area (Å²) in [5.41, 5.74) is 0.724. The van der Waals surface area contributed by atoms with Crippen LogP contribution in [0.15, 0.2) is 18.2 Å². The number of phenols is 1. The van der Waals surface area contributed by atoms with Crippen LogP contribution in [0.2, 0.25) is 0 Å². The molecule has 2 nitrogen and oxygen atoms in total. The summed E-state index contributed by atoms with van der Waals surface area (Å²) in [4.78, 5) is 0. The van der Waals surface area contributed by atoms with Crippen LogP contribution in [0.3, 0.4) is 0 Å². The normalized spacial score (nSPS) is 11.9. The van der Waals surface area contributed by atoms with E-state index in [1.165, 1.54) is 0 Å². The number of hydrogen-bond donors (Lipinski definition) is 1. The smallest absolute Gasteiger partial charge is 0.123 e. The Kier molecular flexibility index (Phi) is 3.28. The summed E-state index contributed by atoms with van der Waals surface area (Å²) < 4.78 is 5.66. The minimum atomic E-state index is -0.230. The second-order valence-electron chi connectivity index (χ2n) is 5.09. The van der Waals surface area contributed by atoms with E-state index < -0.39 is 0 Å². The molecule has 0 aliphatic heterocycles. The van der Waals surface area contributed by atoms with Gasteiger partial charge in [0, 0.05) is 6.07 Å². The summed E-state index contributed by atoms with van der Waals surface area (Å²) in [7, 11) is 0. The van der Waals surface area contributed by atoms with Crippen molar-refractivity contribution < 1.29 is 9.84 Å². The van der Waals surface area contributed by atoms with E-state index in [9.17, 15) is 5.11 Å². The molecule has 0 saturated heterocycles. The van der Waals surface area contributed by atoms with E-state index in [2.05, 4.69) is 13.8 Å². The fourth-order valence-corrected chi connectivity index (χ4v) is 1.43. The van der Waals surface area contributed by atoms with Crippen molar-refractivity contribution in [3.63, 3.8) is 0 Å². The lowest BCUT2D eigenvalue weighted by atomic mass is 10.0. The first-order chi connectivity index (χ1) is 6.79. The Morgan fingerprint density at radius 3 is 2.20 bits per heavy atom. The van der Waals surface area contributed by atoms with Crippen LogP contribution in [0.1, 0.15) is 46.1 Å². The number of rotatable bonds is 2. The minimum absolute atomic E-state index is 0.230. The molecule has 2 heteroatoms. The van der Waals surface area contributed by atoms with E-state index >= 15 is 0 Å². The lowest BCUT2D eigenvalue weighted by molar-refractivity contribution is 0.130. The Labute approximate surface area is 91.9 Å². The third-order valence-corrected chi connectivity index (χ3v) is 2.05. The Morgan fingerprint density at radius 1 is 1.20 bits per heavy atom. The van der Waals surface area contributed by atoms with Gasteiger partial charge < -0.3 is 9.84 Å². The highest BCUT2D eigenvalue weighted by atomic mass is 16.5. The Morgan fingerprint density at radius 2 is 1.80 bits per heavy atom. The maximum atomic E-state index is 9.78. The maximum absolute atomic E-state index is 9.78. The molecule has 0 radical (unpaired) electrons. The average Bonchev–Trinajstić information content (AvgIpc) is 1.99. The van der Waals surface area contributed by atoms with Crippen LogP contribution in [0.5, 0.6) is 11.5 Å². The second kappa shape index (κ2) is 4.13. The highest BCUT2D eigenvalue weighted by Gasteiger charge is 2.13. The first-order valence-corrected chi connectivity index (χ1v) is 5.31. The standard InChI is InChI=1S/C13H20O2/c1-9(2)11-7-6-10(8-12(11)14)15-13(3,4)5/h6-9,14H,1-5H3. The van der Waals surface area contributed by atoms with Gasteiger partial charge in [0.15, 0.2) is 0 Å². The van der Waals surface area contributed by atoms with Crippen molar-refractivity contribution in [2.75, 3.05) is 0 Å². The lowest BCUT2D eigenvalue weighted by Crippen LogP contribution is -2.22. The lowest BCUT2D eigenvalue weighted by Gasteiger charge is -2.22. The van der Waals surface area contributed by atoms with Crippen molar-refractivity contribution in [3.8, 4) is 11.5 Å². The molecule has 1 aromatic carbocycles. The molecule has 0 saturated carbocycles. The van der Waals surface area contributed by atoms with E-state index in [0.717, 1.165) is 5.56 Å². The molecule has 0 aliphatic rings. The molecule has 84 valence electrons. The van der Waals surface area contributed by atoms with Gasteiger partial charge in [0.25, 0.3) is 0 Å². The van der Waals surface area contributed by atoms with E-state index in [4.69, 9.17) is 4.74 Å². The summed E-state index contributed by atoms with van der Waals surface area (Å²) in [5.74, 6) is 1.35. The minimum Gasteiger partial charge on any atom is -0.508 e. The van der Waals surface area contributed by atoms with Crippen LogP contribution in [-0.4, -0.2) is 10.7 Å². The van der Waals surface area contributed by atoms with Gasteiger partial charge in [-0.1, -0.05) is 19.9 Å². The molecule has 1 rings (SSSR count). The van der Waals surface area contributed by atoms with Crippen molar-refractivity contribution in [1.82, 2.24) is 0 Å². The largest absolute Gasteiger partial charge is 0.508 e. The van der Waals surface area contributed by atoms with E-state index in [1.807, 2.05) is 32.9 Å². The molecule has 15 heavy (non-hydrogen) atoms. The predicted molar refractivity (Wildman–Crippen MR) is 62.6 cm³/mol. The molecule has 0 atom stereocenters. The third-order valence-electron chi connectivity index (χ3n) is 2.05. The average molecular weight is 208 g/mol. The van der Waals surface area contributed by atoms with E-state index in [-0.39, 0.29) is 5.60 Å². The van der Waals surface area contributed by atoms with Gasteiger partial charge >= 0.3 is 0 Å². The molecule has 1 aromatic rings. The summed E-state index contributed by atoms with van der Waals surface area (Å²) in [6, 6.07) is 5.50. The molecule has 1 N–H and O–H groups in total. The molecular formula is C13H20O2. The summed E-state index contributed by atoms with van der Waals surface area (Å²) in [6.45, 7) is 10.1. The summed E-state index contributed by atoms with van der Waals surface area (Å²) in [6.07, 6.45) is 0. The topological polar surface area (TPSA) is 29.5 Å². The summed E-state index contributed by atoms with van der Waals surface area (Å²) in [5, 5.41) is 9.78. The summed E-state index contributed by atoms with van der Waals surface area (Å²) >= 11 is 0. The molecule has 0 amide bonds. The van der Waals surface area contributed by atoms with Crippen molar-refractivity contribution in [1.29, 1.82) is 0 Å². The Bertz CT molecular complexity index is 335. The Balaban J connectivity index is 2.92. The molecule has 0 spiro atoms. The molecule has 0 heterocycles. The quantitative estimate of drug-likeness (QED) is 0.803. The second-order valence-corrected chi connectivity index (χ2v) is 5.09. The first kappa shape index (κ1) is 11.9. The highest BCUT2D eigenvalue weighted by Crippen LogP contribution is 2.30. The van der Waals surface area contributed by atoms with Gasteiger partial charge in [0.1, 0.15) is 17.1 Å². The van der Waals surface area contributed by atoms with Crippen molar-refractivity contribution >= 4 is 0 Å².